The Kier molecular flexibility index (Phi) is 4.91. The van der Waals surface area contributed by atoms with Crippen LogP contribution >= 0.6 is 22.9 Å². The molecule has 0 unspecified atom stereocenters. The molecule has 144 valence electrons. The average molecular weight is 434 g/mol. The van der Waals surface area contributed by atoms with Gasteiger partial charge in [-0.25, -0.2) is 8.42 Å². The first-order valence-electron chi connectivity index (χ1n) is 8.46. The summed E-state index contributed by atoms with van der Waals surface area (Å²) in [6, 6.07) is 13.5. The maximum atomic E-state index is 13.1. The number of amides is 1. The lowest BCUT2D eigenvalue weighted by atomic mass is 9.91. The van der Waals surface area contributed by atoms with E-state index in [9.17, 15) is 13.2 Å². The molecule has 1 aliphatic rings. The molecule has 0 saturated heterocycles. The molecule has 0 radical (unpaired) electrons. The van der Waals surface area contributed by atoms with Gasteiger partial charge in [0, 0.05) is 27.6 Å². The SMILES string of the molecule is COc1ccc([C@H]2CC(=O)Nc3c(S(=O)(=O)c4ccc(Cl)cc4)csc32)cc1. The largest absolute Gasteiger partial charge is 0.497 e. The Morgan fingerprint density at radius 1 is 1.11 bits per heavy atom. The average Bonchev–Trinajstić information content (AvgIpc) is 3.12. The van der Waals surface area contributed by atoms with Crippen molar-refractivity contribution in [1.82, 2.24) is 0 Å². The Morgan fingerprint density at radius 3 is 2.43 bits per heavy atom. The lowest BCUT2D eigenvalue weighted by Gasteiger charge is -2.24. The first-order chi connectivity index (χ1) is 13.4. The van der Waals surface area contributed by atoms with Gasteiger partial charge in [0.2, 0.25) is 15.7 Å². The van der Waals surface area contributed by atoms with Crippen molar-refractivity contribution in [3.63, 3.8) is 0 Å². The molecule has 2 heterocycles. The van der Waals surface area contributed by atoms with Gasteiger partial charge in [-0.15, -0.1) is 11.3 Å². The summed E-state index contributed by atoms with van der Waals surface area (Å²) in [5.41, 5.74) is 1.31. The number of benzene rings is 2. The highest BCUT2D eigenvalue weighted by molar-refractivity contribution is 7.91. The molecule has 28 heavy (non-hydrogen) atoms. The number of carbonyl (C=O) groups excluding carboxylic acids is 1. The monoisotopic (exact) mass is 433 g/mol. The number of thiophene rings is 1. The van der Waals surface area contributed by atoms with Gasteiger partial charge in [-0.05, 0) is 42.0 Å². The lowest BCUT2D eigenvalue weighted by molar-refractivity contribution is -0.116. The van der Waals surface area contributed by atoms with E-state index in [1.807, 2.05) is 24.3 Å². The Balaban J connectivity index is 1.79. The second-order valence-corrected chi connectivity index (χ2v) is 9.64. The molecule has 2 aromatic carbocycles. The minimum Gasteiger partial charge on any atom is -0.497 e. The number of hydrogen-bond donors (Lipinski definition) is 1. The van der Waals surface area contributed by atoms with E-state index in [0.29, 0.717) is 10.7 Å². The van der Waals surface area contributed by atoms with Crippen LogP contribution in [-0.2, 0) is 14.6 Å². The third-order valence-electron chi connectivity index (χ3n) is 4.69. The summed E-state index contributed by atoms with van der Waals surface area (Å²) in [6.45, 7) is 0. The quantitative estimate of drug-likeness (QED) is 0.646. The van der Waals surface area contributed by atoms with Gasteiger partial charge in [-0.1, -0.05) is 23.7 Å². The van der Waals surface area contributed by atoms with Crippen molar-refractivity contribution in [3.8, 4) is 5.75 Å². The van der Waals surface area contributed by atoms with E-state index in [2.05, 4.69) is 5.32 Å². The van der Waals surface area contributed by atoms with Crippen molar-refractivity contribution in [2.45, 2.75) is 22.1 Å². The van der Waals surface area contributed by atoms with Crippen molar-refractivity contribution < 1.29 is 17.9 Å². The predicted octanol–water partition coefficient (Wildman–Crippen LogP) is 4.72. The number of ether oxygens (including phenoxy) is 1. The third kappa shape index (κ3) is 3.30. The molecule has 1 aliphatic heterocycles. The Bertz CT molecular complexity index is 1140. The predicted molar refractivity (Wildman–Crippen MR) is 109 cm³/mol. The standard InChI is InChI=1S/C20H16ClNO4S2/c1-26-14-6-2-12(3-7-14)16-10-18(23)22-19-17(11-27-20(16)19)28(24,25)15-8-4-13(21)5-9-15/h2-9,11,16H,10H2,1H3,(H,22,23)/t16-/m1/s1. The zero-order valence-corrected chi connectivity index (χ0v) is 17.2. The molecule has 1 atom stereocenters. The molecule has 1 N–H and O–H groups in total. The van der Waals surface area contributed by atoms with Crippen LogP contribution in [0.3, 0.4) is 0 Å². The van der Waals surface area contributed by atoms with Gasteiger partial charge in [0.25, 0.3) is 0 Å². The van der Waals surface area contributed by atoms with E-state index in [4.69, 9.17) is 16.3 Å². The van der Waals surface area contributed by atoms with E-state index in [0.717, 1.165) is 16.2 Å². The first-order valence-corrected chi connectivity index (χ1v) is 11.2. The number of methoxy groups -OCH3 is 1. The maximum absolute atomic E-state index is 13.1. The van der Waals surface area contributed by atoms with Gasteiger partial charge < -0.3 is 10.1 Å². The molecule has 5 nitrogen and oxygen atoms in total. The smallest absolute Gasteiger partial charge is 0.225 e. The number of nitrogens with one attached hydrogen (secondary N) is 1. The van der Waals surface area contributed by atoms with E-state index >= 15 is 0 Å². The van der Waals surface area contributed by atoms with Gasteiger partial charge >= 0.3 is 0 Å². The van der Waals surface area contributed by atoms with Crippen molar-refractivity contribution in [1.29, 1.82) is 0 Å². The minimum atomic E-state index is -3.78. The number of sulfone groups is 1. The summed E-state index contributed by atoms with van der Waals surface area (Å²) in [7, 11) is -2.18. The summed E-state index contributed by atoms with van der Waals surface area (Å²) in [5, 5.41) is 4.81. The summed E-state index contributed by atoms with van der Waals surface area (Å²) in [5.74, 6) is 0.314. The van der Waals surface area contributed by atoms with E-state index in [-0.39, 0.29) is 28.0 Å². The van der Waals surface area contributed by atoms with Gasteiger partial charge in [0.1, 0.15) is 10.6 Å². The van der Waals surface area contributed by atoms with Gasteiger partial charge in [0.05, 0.1) is 17.7 Å². The second kappa shape index (κ2) is 7.24. The van der Waals surface area contributed by atoms with Crippen molar-refractivity contribution >= 4 is 44.4 Å². The van der Waals surface area contributed by atoms with Crippen LogP contribution in [0.4, 0.5) is 5.69 Å². The van der Waals surface area contributed by atoms with Crippen LogP contribution in [0.5, 0.6) is 5.75 Å². The number of anilines is 1. The number of fused-ring (bicyclic) bond motifs is 1. The highest BCUT2D eigenvalue weighted by Crippen LogP contribution is 2.46. The molecule has 0 aliphatic carbocycles. The van der Waals surface area contributed by atoms with Gasteiger partial charge in [-0.3, -0.25) is 4.79 Å². The van der Waals surface area contributed by atoms with Crippen LogP contribution in [0.15, 0.2) is 63.7 Å². The molecule has 0 bridgehead atoms. The Morgan fingerprint density at radius 2 is 1.79 bits per heavy atom. The van der Waals surface area contributed by atoms with Gasteiger partial charge in [-0.2, -0.15) is 0 Å². The summed E-state index contributed by atoms with van der Waals surface area (Å²) < 4.78 is 31.4. The molecule has 8 heteroatoms. The Labute approximate surface area is 171 Å². The topological polar surface area (TPSA) is 72.5 Å². The summed E-state index contributed by atoms with van der Waals surface area (Å²) in [6.07, 6.45) is 0.264. The fourth-order valence-corrected chi connectivity index (χ4v) is 6.28. The fraction of sp³-hybridized carbons (Fsp3) is 0.150. The zero-order valence-electron chi connectivity index (χ0n) is 14.8. The number of hydrogen-bond acceptors (Lipinski definition) is 5. The third-order valence-corrected chi connectivity index (χ3v) is 7.98. The van der Waals surface area contributed by atoms with Crippen LogP contribution in [-0.4, -0.2) is 21.4 Å². The molecule has 0 saturated carbocycles. The first kappa shape index (κ1) is 19.0. The molecule has 4 rings (SSSR count). The van der Waals surface area contributed by atoms with E-state index < -0.39 is 9.84 Å². The van der Waals surface area contributed by atoms with Crippen LogP contribution in [0.25, 0.3) is 0 Å². The molecular formula is C20H16ClNO4S2. The maximum Gasteiger partial charge on any atom is 0.225 e. The van der Waals surface area contributed by atoms with Gasteiger partial charge in [0.15, 0.2) is 0 Å². The van der Waals surface area contributed by atoms with Crippen LogP contribution in [0, 0.1) is 0 Å². The van der Waals surface area contributed by atoms with Crippen molar-refractivity contribution in [2.24, 2.45) is 0 Å². The fourth-order valence-electron chi connectivity index (χ4n) is 3.25. The molecular weight excluding hydrogens is 418 g/mol. The van der Waals surface area contributed by atoms with Crippen LogP contribution in [0.2, 0.25) is 5.02 Å². The highest BCUT2D eigenvalue weighted by atomic mass is 35.5. The summed E-state index contributed by atoms with van der Waals surface area (Å²) in [4.78, 5) is 13.4. The second-order valence-electron chi connectivity index (χ2n) is 6.37. The molecule has 1 amide bonds. The van der Waals surface area contributed by atoms with E-state index in [1.54, 1.807) is 12.5 Å². The van der Waals surface area contributed by atoms with Crippen LogP contribution < -0.4 is 10.1 Å². The molecule has 3 aromatic rings. The van der Waals surface area contributed by atoms with Crippen LogP contribution in [0.1, 0.15) is 22.8 Å². The van der Waals surface area contributed by atoms with Crippen molar-refractivity contribution in [3.05, 3.63) is 69.4 Å². The van der Waals surface area contributed by atoms with Crippen molar-refractivity contribution in [2.75, 3.05) is 12.4 Å². The molecule has 0 spiro atoms. The van der Waals surface area contributed by atoms with E-state index in [1.165, 1.54) is 35.6 Å². The molecule has 1 aromatic heterocycles. The number of halogens is 1. The lowest BCUT2D eigenvalue weighted by Crippen LogP contribution is -2.23. The zero-order chi connectivity index (χ0) is 19.9. The highest BCUT2D eigenvalue weighted by Gasteiger charge is 2.34. The molecule has 0 fully saturated rings. The number of carbonyl (C=O) groups is 1. The minimum absolute atomic E-state index is 0.112. The number of rotatable bonds is 4. The summed E-state index contributed by atoms with van der Waals surface area (Å²) >= 11 is 7.21. The normalized spacial score (nSPS) is 16.4. The Hall–Kier alpha value is -2.35.